The topological polar surface area (TPSA) is 81.7 Å². The van der Waals surface area contributed by atoms with Crippen LogP contribution in [-0.4, -0.2) is 53.6 Å². The van der Waals surface area contributed by atoms with E-state index in [-0.39, 0.29) is 11.8 Å². The van der Waals surface area contributed by atoms with Gasteiger partial charge in [0.2, 0.25) is 0 Å². The number of aliphatic hydroxyl groups excluding tert-OH is 1. The van der Waals surface area contributed by atoms with Gasteiger partial charge < -0.3 is 20.6 Å². The van der Waals surface area contributed by atoms with Gasteiger partial charge in [-0.3, -0.25) is 9.59 Å². The molecule has 202 valence electrons. The van der Waals surface area contributed by atoms with Gasteiger partial charge >= 0.3 is 0 Å². The van der Waals surface area contributed by atoms with E-state index in [4.69, 9.17) is 0 Å². The molecule has 0 aliphatic carbocycles. The number of benzene rings is 3. The van der Waals surface area contributed by atoms with Crippen LogP contribution in [0.5, 0.6) is 0 Å². The summed E-state index contributed by atoms with van der Waals surface area (Å²) in [5.74, 6) is -0.376. The third-order valence-electron chi connectivity index (χ3n) is 6.30. The summed E-state index contributed by atoms with van der Waals surface area (Å²) in [5.41, 5.74) is 3.06. The van der Waals surface area contributed by atoms with Gasteiger partial charge in [-0.15, -0.1) is 0 Å². The number of nitrogens with one attached hydrogen (secondary N) is 2. The summed E-state index contributed by atoms with van der Waals surface area (Å²) in [6, 6.07) is 24.3. The van der Waals surface area contributed by atoms with Gasteiger partial charge in [0, 0.05) is 40.9 Å². The molecule has 0 saturated heterocycles. The fraction of sp³-hybridized carbons (Fsp3) is 0.355. The fourth-order valence-electron chi connectivity index (χ4n) is 4.39. The SMILES string of the molecule is CCCN(CCC)C(=O)c1cccc(C(=O)N[C@@H](Cc2ccccc2)[C@H](O)CNCc2cccc(I)c2)c1. The molecule has 0 aromatic heterocycles. The zero-order valence-electron chi connectivity index (χ0n) is 22.2. The third-order valence-corrected chi connectivity index (χ3v) is 6.97. The van der Waals surface area contributed by atoms with Crippen LogP contribution in [0.2, 0.25) is 0 Å². The maximum Gasteiger partial charge on any atom is 0.253 e. The minimum Gasteiger partial charge on any atom is -0.390 e. The molecule has 3 aromatic carbocycles. The predicted molar refractivity (Wildman–Crippen MR) is 161 cm³/mol. The van der Waals surface area contributed by atoms with E-state index < -0.39 is 12.1 Å². The summed E-state index contributed by atoms with van der Waals surface area (Å²) in [6.45, 7) is 6.41. The minimum absolute atomic E-state index is 0.0657. The number of rotatable bonds is 14. The Labute approximate surface area is 240 Å². The van der Waals surface area contributed by atoms with E-state index in [1.807, 2.05) is 67.3 Å². The highest BCUT2D eigenvalue weighted by Crippen LogP contribution is 2.13. The van der Waals surface area contributed by atoms with Crippen molar-refractivity contribution >= 4 is 34.4 Å². The molecular formula is C31H38IN3O3. The Morgan fingerprint density at radius 1 is 0.868 bits per heavy atom. The molecule has 0 unspecified atom stereocenters. The van der Waals surface area contributed by atoms with Crippen molar-refractivity contribution in [2.24, 2.45) is 0 Å². The molecule has 2 amide bonds. The predicted octanol–water partition coefficient (Wildman–Crippen LogP) is 5.05. The summed E-state index contributed by atoms with van der Waals surface area (Å²) < 4.78 is 1.16. The maximum atomic E-state index is 13.3. The summed E-state index contributed by atoms with van der Waals surface area (Å²) in [6.07, 6.45) is 1.43. The number of hydrogen-bond donors (Lipinski definition) is 3. The molecule has 0 bridgehead atoms. The highest BCUT2D eigenvalue weighted by Gasteiger charge is 2.23. The first-order valence-corrected chi connectivity index (χ1v) is 14.4. The maximum absolute atomic E-state index is 13.3. The zero-order chi connectivity index (χ0) is 27.3. The van der Waals surface area contributed by atoms with E-state index in [9.17, 15) is 14.7 Å². The second-order valence-electron chi connectivity index (χ2n) is 9.47. The molecule has 3 rings (SSSR count). The van der Waals surface area contributed by atoms with Crippen molar-refractivity contribution < 1.29 is 14.7 Å². The quantitative estimate of drug-likeness (QED) is 0.219. The smallest absolute Gasteiger partial charge is 0.253 e. The average molecular weight is 628 g/mol. The van der Waals surface area contributed by atoms with E-state index in [1.165, 1.54) is 0 Å². The molecule has 6 nitrogen and oxygen atoms in total. The Hall–Kier alpha value is -2.75. The lowest BCUT2D eigenvalue weighted by Gasteiger charge is -2.25. The monoisotopic (exact) mass is 627 g/mol. The van der Waals surface area contributed by atoms with Crippen molar-refractivity contribution in [2.75, 3.05) is 19.6 Å². The molecule has 0 heterocycles. The molecule has 2 atom stereocenters. The van der Waals surface area contributed by atoms with Gasteiger partial charge in [0.15, 0.2) is 0 Å². The second-order valence-corrected chi connectivity index (χ2v) is 10.7. The Bertz CT molecular complexity index is 1170. The molecular weight excluding hydrogens is 589 g/mol. The Morgan fingerprint density at radius 2 is 1.53 bits per heavy atom. The van der Waals surface area contributed by atoms with E-state index in [0.29, 0.717) is 43.7 Å². The van der Waals surface area contributed by atoms with E-state index in [2.05, 4.69) is 39.3 Å². The standard InChI is InChI=1S/C31H38IN3O3/c1-3-16-35(17-4-2)31(38)26-14-9-13-25(20-26)30(37)34-28(19-23-10-6-5-7-11-23)29(36)22-33-21-24-12-8-15-27(32)18-24/h5-15,18,20,28-29,33,36H,3-4,16-17,19,21-22H2,1-2H3,(H,34,37)/t28-,29+/m0/s1. The number of halogens is 1. The molecule has 0 spiro atoms. The molecule has 0 aliphatic rings. The number of aliphatic hydroxyl groups is 1. The van der Waals surface area contributed by atoms with Crippen LogP contribution in [0.3, 0.4) is 0 Å². The summed E-state index contributed by atoms with van der Waals surface area (Å²) in [5, 5.41) is 17.4. The molecule has 3 aromatic rings. The van der Waals surface area contributed by atoms with Gasteiger partial charge in [-0.1, -0.05) is 62.4 Å². The van der Waals surface area contributed by atoms with E-state index in [0.717, 1.165) is 27.5 Å². The van der Waals surface area contributed by atoms with E-state index in [1.54, 1.807) is 24.3 Å². The number of carbonyl (C=O) groups is 2. The van der Waals surface area contributed by atoms with Gasteiger partial charge in [0.1, 0.15) is 0 Å². The van der Waals surface area contributed by atoms with Crippen molar-refractivity contribution in [1.29, 1.82) is 0 Å². The van der Waals surface area contributed by atoms with Crippen molar-refractivity contribution in [3.8, 4) is 0 Å². The first-order valence-electron chi connectivity index (χ1n) is 13.3. The minimum atomic E-state index is -0.809. The van der Waals surface area contributed by atoms with Crippen LogP contribution in [0.25, 0.3) is 0 Å². The van der Waals surface area contributed by atoms with E-state index >= 15 is 0 Å². The normalized spacial score (nSPS) is 12.5. The van der Waals surface area contributed by atoms with Gasteiger partial charge in [0.05, 0.1) is 12.1 Å². The third kappa shape index (κ3) is 9.22. The molecule has 0 fully saturated rings. The van der Waals surface area contributed by atoms with Gasteiger partial charge in [-0.25, -0.2) is 0 Å². The highest BCUT2D eigenvalue weighted by molar-refractivity contribution is 14.1. The fourth-order valence-corrected chi connectivity index (χ4v) is 4.99. The van der Waals surface area contributed by atoms with Crippen LogP contribution in [0.4, 0.5) is 0 Å². The average Bonchev–Trinajstić information content (AvgIpc) is 2.93. The first kappa shape index (κ1) is 29.8. The number of nitrogens with zero attached hydrogens (tertiary/aromatic N) is 1. The molecule has 0 aliphatic heterocycles. The highest BCUT2D eigenvalue weighted by atomic mass is 127. The van der Waals surface area contributed by atoms with Crippen LogP contribution in [-0.2, 0) is 13.0 Å². The van der Waals surface area contributed by atoms with Gasteiger partial charge in [-0.2, -0.15) is 0 Å². The largest absolute Gasteiger partial charge is 0.390 e. The zero-order valence-corrected chi connectivity index (χ0v) is 24.4. The number of hydrogen-bond acceptors (Lipinski definition) is 4. The number of amides is 2. The van der Waals surface area contributed by atoms with Crippen molar-refractivity contribution in [1.82, 2.24) is 15.5 Å². The first-order chi connectivity index (χ1) is 18.4. The molecule has 38 heavy (non-hydrogen) atoms. The van der Waals surface area contributed by atoms with Gasteiger partial charge in [0.25, 0.3) is 11.8 Å². The second kappa shape index (κ2) is 15.6. The Morgan fingerprint density at radius 3 is 2.21 bits per heavy atom. The van der Waals surface area contributed by atoms with Crippen molar-refractivity contribution in [3.63, 3.8) is 0 Å². The van der Waals surface area contributed by atoms with Crippen LogP contribution < -0.4 is 10.6 Å². The number of carbonyl (C=O) groups excluding carboxylic acids is 2. The van der Waals surface area contributed by atoms with Crippen LogP contribution in [0, 0.1) is 3.57 Å². The molecule has 0 radical (unpaired) electrons. The molecule has 0 saturated carbocycles. The lowest BCUT2D eigenvalue weighted by molar-refractivity contribution is 0.0755. The summed E-state index contributed by atoms with van der Waals surface area (Å²) >= 11 is 2.28. The lowest BCUT2D eigenvalue weighted by Crippen LogP contribution is -2.48. The van der Waals surface area contributed by atoms with Crippen molar-refractivity contribution in [2.45, 2.75) is 51.8 Å². The molecule has 7 heteroatoms. The Balaban J connectivity index is 1.71. The summed E-state index contributed by atoms with van der Waals surface area (Å²) in [7, 11) is 0. The van der Waals surface area contributed by atoms with Crippen LogP contribution in [0.15, 0.2) is 78.9 Å². The van der Waals surface area contributed by atoms with Crippen LogP contribution in [0.1, 0.15) is 58.5 Å². The molecule has 3 N–H and O–H groups in total. The van der Waals surface area contributed by atoms with Crippen molar-refractivity contribution in [3.05, 3.63) is 105 Å². The van der Waals surface area contributed by atoms with Crippen LogP contribution >= 0.6 is 22.6 Å². The Kier molecular flexibility index (Phi) is 12.2. The van der Waals surface area contributed by atoms with Gasteiger partial charge in [-0.05, 0) is 83.3 Å². The summed E-state index contributed by atoms with van der Waals surface area (Å²) in [4.78, 5) is 28.2. The lowest BCUT2D eigenvalue weighted by atomic mass is 10.00.